The van der Waals surface area contributed by atoms with Gasteiger partial charge in [0, 0.05) is 6.04 Å². The number of rotatable bonds is 2. The van der Waals surface area contributed by atoms with Crippen LogP contribution in [0.5, 0.6) is 0 Å². The van der Waals surface area contributed by atoms with E-state index in [1.54, 1.807) is 6.08 Å². The van der Waals surface area contributed by atoms with Gasteiger partial charge in [0.1, 0.15) is 6.54 Å². The number of amides is 1. The maximum atomic E-state index is 11.2. The molecule has 1 rings (SSSR count). The average molecular weight is 165 g/mol. The summed E-state index contributed by atoms with van der Waals surface area (Å²) in [7, 11) is 0. The van der Waals surface area contributed by atoms with Crippen molar-refractivity contribution in [3.8, 4) is 6.07 Å². The highest BCUT2D eigenvalue weighted by atomic mass is 16.1. The molecule has 0 bridgehead atoms. The maximum Gasteiger partial charge on any atom is 0.227 e. The first-order chi connectivity index (χ1) is 5.74. The minimum atomic E-state index is -0.145. The van der Waals surface area contributed by atoms with Gasteiger partial charge >= 0.3 is 0 Å². The minimum absolute atomic E-state index is 0.0113. The first-order valence-corrected chi connectivity index (χ1v) is 3.82. The zero-order valence-corrected chi connectivity index (χ0v) is 6.66. The smallest absolute Gasteiger partial charge is 0.227 e. The third-order valence-corrected chi connectivity index (χ3v) is 1.80. The molecular formula is C8H11N3O. The number of hydrogen-bond donors (Lipinski definition) is 2. The fraction of sp³-hybridized carbons (Fsp3) is 0.500. The van der Waals surface area contributed by atoms with E-state index in [0.717, 1.165) is 0 Å². The van der Waals surface area contributed by atoms with Crippen LogP contribution in [0, 0.1) is 17.2 Å². The molecular weight excluding hydrogens is 154 g/mol. The van der Waals surface area contributed by atoms with Crippen LogP contribution in [0.15, 0.2) is 12.2 Å². The predicted octanol–water partition coefficient (Wildman–Crippen LogP) is -0.470. The average Bonchev–Trinajstić information content (AvgIpc) is 2.47. The highest BCUT2D eigenvalue weighted by molar-refractivity contribution is 5.81. The molecule has 64 valence electrons. The molecule has 1 amide bonds. The summed E-state index contributed by atoms with van der Waals surface area (Å²) in [6.45, 7) is 0.0679. The molecule has 1 aliphatic rings. The quantitative estimate of drug-likeness (QED) is 0.429. The van der Waals surface area contributed by atoms with Crippen molar-refractivity contribution in [3.05, 3.63) is 12.2 Å². The van der Waals surface area contributed by atoms with Gasteiger partial charge in [-0.05, 0) is 6.42 Å². The summed E-state index contributed by atoms with van der Waals surface area (Å²) in [5, 5.41) is 10.7. The Hall–Kier alpha value is -1.34. The van der Waals surface area contributed by atoms with Crippen molar-refractivity contribution in [2.45, 2.75) is 12.5 Å². The largest absolute Gasteiger partial charge is 0.342 e. The molecule has 0 saturated heterocycles. The molecule has 0 fully saturated rings. The summed E-state index contributed by atoms with van der Waals surface area (Å²) < 4.78 is 0. The van der Waals surface area contributed by atoms with Gasteiger partial charge in [0.25, 0.3) is 0 Å². The summed E-state index contributed by atoms with van der Waals surface area (Å²) in [6, 6.07) is 1.83. The molecule has 0 aliphatic heterocycles. The van der Waals surface area contributed by atoms with Gasteiger partial charge in [-0.3, -0.25) is 4.79 Å². The highest BCUT2D eigenvalue weighted by Gasteiger charge is 2.21. The van der Waals surface area contributed by atoms with Crippen LogP contribution < -0.4 is 11.1 Å². The Kier molecular flexibility index (Phi) is 2.83. The molecule has 0 aromatic heterocycles. The number of carbonyl (C=O) groups is 1. The lowest BCUT2D eigenvalue weighted by Gasteiger charge is -2.07. The van der Waals surface area contributed by atoms with Crippen LogP contribution in [0.4, 0.5) is 0 Å². The van der Waals surface area contributed by atoms with Gasteiger partial charge in [-0.15, -0.1) is 0 Å². The number of nitrogens with zero attached hydrogens (tertiary/aromatic N) is 1. The fourth-order valence-corrected chi connectivity index (χ4v) is 1.18. The van der Waals surface area contributed by atoms with E-state index >= 15 is 0 Å². The number of nitriles is 1. The third kappa shape index (κ3) is 2.07. The van der Waals surface area contributed by atoms with Crippen LogP contribution in [0.25, 0.3) is 0 Å². The molecule has 3 N–H and O–H groups in total. The van der Waals surface area contributed by atoms with Crippen LogP contribution in [-0.4, -0.2) is 18.5 Å². The second kappa shape index (κ2) is 3.88. The van der Waals surface area contributed by atoms with E-state index in [-0.39, 0.29) is 24.4 Å². The summed E-state index contributed by atoms with van der Waals surface area (Å²) in [4.78, 5) is 11.2. The van der Waals surface area contributed by atoms with Crippen molar-refractivity contribution >= 4 is 5.91 Å². The van der Waals surface area contributed by atoms with Crippen molar-refractivity contribution in [2.24, 2.45) is 11.7 Å². The van der Waals surface area contributed by atoms with Gasteiger partial charge in [0.2, 0.25) is 5.91 Å². The normalized spacial score (nSPS) is 26.7. The molecule has 0 unspecified atom stereocenters. The van der Waals surface area contributed by atoms with Crippen molar-refractivity contribution < 1.29 is 4.79 Å². The minimum Gasteiger partial charge on any atom is -0.342 e. The SMILES string of the molecule is N#CCNC(=O)[C@@H]1C=C[C@H](N)C1. The van der Waals surface area contributed by atoms with Crippen LogP contribution >= 0.6 is 0 Å². The van der Waals surface area contributed by atoms with E-state index in [4.69, 9.17) is 11.0 Å². The van der Waals surface area contributed by atoms with Gasteiger partial charge in [-0.25, -0.2) is 0 Å². The highest BCUT2D eigenvalue weighted by Crippen LogP contribution is 2.15. The summed E-state index contributed by atoms with van der Waals surface area (Å²) in [6.07, 6.45) is 4.26. The van der Waals surface area contributed by atoms with Crippen LogP contribution in [0.3, 0.4) is 0 Å². The van der Waals surface area contributed by atoms with E-state index in [2.05, 4.69) is 5.32 Å². The van der Waals surface area contributed by atoms with Gasteiger partial charge < -0.3 is 11.1 Å². The number of nitrogens with two attached hydrogens (primary N) is 1. The first kappa shape index (κ1) is 8.75. The number of hydrogen-bond acceptors (Lipinski definition) is 3. The van der Waals surface area contributed by atoms with Gasteiger partial charge in [0.15, 0.2) is 0 Å². The van der Waals surface area contributed by atoms with Gasteiger partial charge in [0.05, 0.1) is 12.0 Å². The van der Waals surface area contributed by atoms with Crippen molar-refractivity contribution in [1.82, 2.24) is 5.32 Å². The lowest BCUT2D eigenvalue weighted by molar-refractivity contribution is -0.123. The second-order valence-corrected chi connectivity index (χ2v) is 2.77. The molecule has 0 radical (unpaired) electrons. The van der Waals surface area contributed by atoms with Crippen molar-refractivity contribution in [1.29, 1.82) is 5.26 Å². The van der Waals surface area contributed by atoms with Crippen LogP contribution in [0.1, 0.15) is 6.42 Å². The lowest BCUT2D eigenvalue weighted by atomic mass is 10.1. The Morgan fingerprint density at radius 1 is 1.75 bits per heavy atom. The molecule has 4 nitrogen and oxygen atoms in total. The Labute approximate surface area is 71.0 Å². The molecule has 4 heteroatoms. The molecule has 0 spiro atoms. The zero-order valence-electron chi connectivity index (χ0n) is 6.66. The standard InChI is InChI=1S/C8H11N3O/c9-3-4-11-8(12)6-1-2-7(10)5-6/h1-2,6-7H,4-5,10H2,(H,11,12)/t6-,7+/m1/s1. The Morgan fingerprint density at radius 3 is 3.00 bits per heavy atom. The second-order valence-electron chi connectivity index (χ2n) is 2.77. The molecule has 2 atom stereocenters. The summed E-state index contributed by atoms with van der Waals surface area (Å²) in [5.74, 6) is -0.255. The molecule has 1 aliphatic carbocycles. The van der Waals surface area contributed by atoms with E-state index in [0.29, 0.717) is 6.42 Å². The van der Waals surface area contributed by atoms with Crippen LogP contribution in [-0.2, 0) is 4.79 Å². The van der Waals surface area contributed by atoms with Gasteiger partial charge in [-0.1, -0.05) is 12.2 Å². The molecule has 0 heterocycles. The van der Waals surface area contributed by atoms with E-state index in [1.807, 2.05) is 12.1 Å². The fourth-order valence-electron chi connectivity index (χ4n) is 1.18. The first-order valence-electron chi connectivity index (χ1n) is 3.82. The monoisotopic (exact) mass is 165 g/mol. The van der Waals surface area contributed by atoms with Crippen LogP contribution in [0.2, 0.25) is 0 Å². The maximum absolute atomic E-state index is 11.2. The molecule has 0 aromatic carbocycles. The topological polar surface area (TPSA) is 78.9 Å². The summed E-state index contributed by atoms with van der Waals surface area (Å²) in [5.41, 5.74) is 5.56. The predicted molar refractivity (Wildman–Crippen MR) is 43.8 cm³/mol. The van der Waals surface area contributed by atoms with E-state index < -0.39 is 0 Å². The third-order valence-electron chi connectivity index (χ3n) is 1.80. The molecule has 0 aromatic rings. The van der Waals surface area contributed by atoms with Gasteiger partial charge in [-0.2, -0.15) is 5.26 Å². The molecule has 0 saturated carbocycles. The van der Waals surface area contributed by atoms with Crippen molar-refractivity contribution in [2.75, 3.05) is 6.54 Å². The van der Waals surface area contributed by atoms with E-state index in [1.165, 1.54) is 0 Å². The lowest BCUT2D eigenvalue weighted by Crippen LogP contribution is -2.30. The Bertz CT molecular complexity index is 241. The summed E-state index contributed by atoms with van der Waals surface area (Å²) >= 11 is 0. The number of carbonyl (C=O) groups excluding carboxylic acids is 1. The zero-order chi connectivity index (χ0) is 8.97. The van der Waals surface area contributed by atoms with Crippen molar-refractivity contribution in [3.63, 3.8) is 0 Å². The Morgan fingerprint density at radius 2 is 2.50 bits per heavy atom. The molecule has 12 heavy (non-hydrogen) atoms. The Balaban J connectivity index is 2.35. The number of nitrogens with one attached hydrogen (secondary N) is 1. The van der Waals surface area contributed by atoms with E-state index in [9.17, 15) is 4.79 Å².